The van der Waals surface area contributed by atoms with Gasteiger partial charge in [0.1, 0.15) is 18.0 Å². The summed E-state index contributed by atoms with van der Waals surface area (Å²) in [6, 6.07) is 4.73. The molecule has 12 nitrogen and oxygen atoms in total. The van der Waals surface area contributed by atoms with Crippen LogP contribution in [0.1, 0.15) is 39.2 Å². The first-order valence-electron chi connectivity index (χ1n) is 14.2. The minimum atomic E-state index is -4.51. The Morgan fingerprint density at radius 3 is 2.51 bits per heavy atom. The molecule has 2 saturated heterocycles. The Morgan fingerprint density at radius 2 is 1.86 bits per heavy atom. The molecule has 4 heterocycles. The van der Waals surface area contributed by atoms with Crippen LogP contribution < -0.4 is 10.2 Å². The molecule has 2 N–H and O–H groups in total. The van der Waals surface area contributed by atoms with E-state index in [0.29, 0.717) is 55.9 Å². The number of benzene rings is 1. The van der Waals surface area contributed by atoms with Crippen molar-refractivity contribution in [3.8, 4) is 5.69 Å². The van der Waals surface area contributed by atoms with Gasteiger partial charge < -0.3 is 25.0 Å². The minimum absolute atomic E-state index is 0.0340. The van der Waals surface area contributed by atoms with Crippen LogP contribution in [0, 0.1) is 0 Å². The molecule has 2 amide bonds. The summed E-state index contributed by atoms with van der Waals surface area (Å²) in [4.78, 5) is 39.9. The maximum Gasteiger partial charge on any atom is 0.416 e. The van der Waals surface area contributed by atoms with Crippen LogP contribution in [0.25, 0.3) is 16.7 Å². The normalized spacial score (nSPS) is 21.6. The Morgan fingerprint density at radius 1 is 1.12 bits per heavy atom. The maximum atomic E-state index is 13.4. The van der Waals surface area contributed by atoms with Crippen molar-refractivity contribution < 1.29 is 32.6 Å². The summed E-state index contributed by atoms with van der Waals surface area (Å²) in [5.41, 5.74) is -0.922. The summed E-state index contributed by atoms with van der Waals surface area (Å²) in [6.45, 7) is 6.94. The fourth-order valence-electron chi connectivity index (χ4n) is 5.47. The minimum Gasteiger partial charge on any atom is -0.444 e. The van der Waals surface area contributed by atoms with Gasteiger partial charge in [-0.25, -0.2) is 9.48 Å². The Labute approximate surface area is 245 Å². The maximum absolute atomic E-state index is 13.4. The molecule has 0 atom stereocenters. The van der Waals surface area contributed by atoms with Gasteiger partial charge in [-0.05, 0) is 51.8 Å². The number of alkyl halides is 3. The highest BCUT2D eigenvalue weighted by molar-refractivity contribution is 5.90. The number of anilines is 2. The van der Waals surface area contributed by atoms with Crippen molar-refractivity contribution in [3.63, 3.8) is 0 Å². The SMILES string of the molecule is CC(C)(C)OC(=O)N1CCN(C2CN(c3nc(NC4CC(O)C4)nc4c3cnn4-c3cccc(C(F)(F)F)c3)C2)C(=O)C1. The van der Waals surface area contributed by atoms with Crippen LogP contribution in [-0.4, -0.2) is 103 Å². The van der Waals surface area contributed by atoms with E-state index < -0.39 is 29.5 Å². The fraction of sp³-hybridized carbons (Fsp3) is 0.536. The van der Waals surface area contributed by atoms with E-state index in [1.54, 1.807) is 25.7 Å². The van der Waals surface area contributed by atoms with Gasteiger partial charge in [0.15, 0.2) is 5.65 Å². The molecule has 230 valence electrons. The predicted molar refractivity (Wildman–Crippen MR) is 150 cm³/mol. The number of amides is 2. The summed E-state index contributed by atoms with van der Waals surface area (Å²) in [6.07, 6.45) is -2.84. The van der Waals surface area contributed by atoms with Crippen LogP contribution in [0.5, 0.6) is 0 Å². The van der Waals surface area contributed by atoms with Crippen LogP contribution in [0.3, 0.4) is 0 Å². The standard InChI is InChI=1S/C28H33F3N8O4/c1-27(2,3)43-26(42)36-7-8-38(22(41)15-36)19-13-37(14-19)23-21-12-32-39(18-6-4-5-16(9-18)28(29,30)31)24(21)35-25(34-23)33-17-10-20(40)11-17/h4-6,9,12,17,19-20,40H,7-8,10-11,13-15H2,1-3H3,(H,33,34,35). The largest absolute Gasteiger partial charge is 0.444 e. The number of hydrogen-bond acceptors (Lipinski definition) is 9. The number of piperazine rings is 1. The first-order chi connectivity index (χ1) is 20.2. The third-order valence-electron chi connectivity index (χ3n) is 7.78. The van der Waals surface area contributed by atoms with E-state index in [0.717, 1.165) is 12.1 Å². The number of fused-ring (bicyclic) bond motifs is 1. The van der Waals surface area contributed by atoms with Gasteiger partial charge in [-0.2, -0.15) is 28.2 Å². The number of halogens is 3. The van der Waals surface area contributed by atoms with Crippen LogP contribution in [0.15, 0.2) is 30.5 Å². The van der Waals surface area contributed by atoms with Crippen molar-refractivity contribution in [2.75, 3.05) is 42.9 Å². The molecule has 6 rings (SSSR count). The predicted octanol–water partition coefficient (Wildman–Crippen LogP) is 3.04. The number of carbonyl (C=O) groups excluding carboxylic acids is 2. The van der Waals surface area contributed by atoms with E-state index in [9.17, 15) is 27.9 Å². The Balaban J connectivity index is 1.23. The van der Waals surface area contributed by atoms with Gasteiger partial charge in [0.25, 0.3) is 0 Å². The van der Waals surface area contributed by atoms with Crippen molar-refractivity contribution in [1.82, 2.24) is 29.5 Å². The highest BCUT2D eigenvalue weighted by Gasteiger charge is 2.40. The number of nitrogens with one attached hydrogen (secondary N) is 1. The molecule has 0 bridgehead atoms. The number of carbonyl (C=O) groups is 2. The summed E-state index contributed by atoms with van der Waals surface area (Å²) >= 11 is 0. The Hall–Kier alpha value is -4.14. The molecule has 1 saturated carbocycles. The molecule has 1 aliphatic carbocycles. The molecule has 0 unspecified atom stereocenters. The molecular formula is C28H33F3N8O4. The molecular weight excluding hydrogens is 569 g/mol. The highest BCUT2D eigenvalue weighted by Crippen LogP contribution is 2.34. The summed E-state index contributed by atoms with van der Waals surface area (Å²) in [7, 11) is 0. The van der Waals surface area contributed by atoms with Gasteiger partial charge >= 0.3 is 12.3 Å². The number of ether oxygens (including phenoxy) is 1. The van der Waals surface area contributed by atoms with Crippen LogP contribution in [0.2, 0.25) is 0 Å². The third kappa shape index (κ3) is 5.90. The number of aliphatic hydroxyl groups excluding tert-OH is 1. The Kier molecular flexibility index (Phi) is 7.10. The molecule has 3 fully saturated rings. The van der Waals surface area contributed by atoms with E-state index in [-0.39, 0.29) is 36.2 Å². The molecule has 0 radical (unpaired) electrons. The van der Waals surface area contributed by atoms with Gasteiger partial charge in [0.2, 0.25) is 11.9 Å². The first-order valence-corrected chi connectivity index (χ1v) is 14.2. The zero-order chi connectivity index (χ0) is 30.7. The van der Waals surface area contributed by atoms with Crippen LogP contribution >= 0.6 is 0 Å². The lowest BCUT2D eigenvalue weighted by Crippen LogP contribution is -2.65. The van der Waals surface area contributed by atoms with E-state index >= 15 is 0 Å². The average molecular weight is 603 g/mol. The van der Waals surface area contributed by atoms with Gasteiger partial charge in [-0.3, -0.25) is 9.69 Å². The highest BCUT2D eigenvalue weighted by atomic mass is 19.4. The van der Waals surface area contributed by atoms with Crippen molar-refractivity contribution in [2.45, 2.75) is 63.6 Å². The van der Waals surface area contributed by atoms with Crippen molar-refractivity contribution in [2.24, 2.45) is 0 Å². The monoisotopic (exact) mass is 602 g/mol. The number of rotatable bonds is 5. The van der Waals surface area contributed by atoms with Crippen molar-refractivity contribution in [1.29, 1.82) is 0 Å². The van der Waals surface area contributed by atoms with Crippen molar-refractivity contribution >= 4 is 34.8 Å². The second-order valence-corrected chi connectivity index (χ2v) is 12.2. The number of nitrogens with zero attached hydrogens (tertiary/aromatic N) is 7. The average Bonchev–Trinajstić information content (AvgIpc) is 3.30. The third-order valence-corrected chi connectivity index (χ3v) is 7.78. The van der Waals surface area contributed by atoms with E-state index in [1.807, 2.05) is 4.90 Å². The van der Waals surface area contributed by atoms with Gasteiger partial charge in [-0.1, -0.05) is 6.07 Å². The second-order valence-electron chi connectivity index (χ2n) is 12.2. The van der Waals surface area contributed by atoms with Gasteiger partial charge in [0, 0.05) is 32.2 Å². The zero-order valence-electron chi connectivity index (χ0n) is 24.0. The van der Waals surface area contributed by atoms with E-state index in [2.05, 4.69) is 15.4 Å². The number of aliphatic hydroxyl groups is 1. The lowest BCUT2D eigenvalue weighted by molar-refractivity contribution is -0.139. The van der Waals surface area contributed by atoms with Crippen LogP contribution in [-0.2, 0) is 15.7 Å². The molecule has 2 aliphatic heterocycles. The molecule has 1 aromatic carbocycles. The van der Waals surface area contributed by atoms with E-state index in [4.69, 9.17) is 9.72 Å². The number of hydrogen-bond donors (Lipinski definition) is 2. The summed E-state index contributed by atoms with van der Waals surface area (Å²) < 4.78 is 47.0. The fourth-order valence-corrected chi connectivity index (χ4v) is 5.47. The topological polar surface area (TPSA) is 129 Å². The molecule has 43 heavy (non-hydrogen) atoms. The van der Waals surface area contributed by atoms with Crippen molar-refractivity contribution in [3.05, 3.63) is 36.0 Å². The summed E-state index contributed by atoms with van der Waals surface area (Å²) in [5, 5.41) is 17.9. The van der Waals surface area contributed by atoms with Crippen LogP contribution in [0.4, 0.5) is 29.7 Å². The number of aromatic nitrogens is 4. The van der Waals surface area contributed by atoms with Gasteiger partial charge in [0.05, 0.1) is 35.0 Å². The molecule has 2 aromatic heterocycles. The first kappa shape index (κ1) is 29.0. The van der Waals surface area contributed by atoms with E-state index in [1.165, 1.54) is 27.9 Å². The second kappa shape index (κ2) is 10.5. The quantitative estimate of drug-likeness (QED) is 0.453. The molecule has 3 aromatic rings. The van der Waals surface area contributed by atoms with Gasteiger partial charge in [-0.15, -0.1) is 0 Å². The summed E-state index contributed by atoms with van der Waals surface area (Å²) in [5.74, 6) is 0.651. The lowest BCUT2D eigenvalue weighted by Gasteiger charge is -2.48. The molecule has 3 aliphatic rings. The molecule has 0 spiro atoms. The zero-order valence-corrected chi connectivity index (χ0v) is 24.0. The smallest absolute Gasteiger partial charge is 0.416 e. The lowest BCUT2D eigenvalue weighted by atomic mass is 9.90. The molecule has 15 heteroatoms. The Bertz CT molecular complexity index is 1540.